The highest BCUT2D eigenvalue weighted by Crippen LogP contribution is 2.52. The largest absolute Gasteiger partial charge is 0.490 e. The second-order valence-electron chi connectivity index (χ2n) is 9.40. The lowest BCUT2D eigenvalue weighted by Crippen LogP contribution is -2.33. The summed E-state index contributed by atoms with van der Waals surface area (Å²) in [7, 11) is 0. The number of rotatable bonds is 7. The van der Waals surface area contributed by atoms with Gasteiger partial charge in [-0.1, -0.05) is 52.0 Å². The van der Waals surface area contributed by atoms with Crippen molar-refractivity contribution in [2.24, 2.45) is 17.8 Å². The molecule has 0 spiro atoms. The first-order chi connectivity index (χ1) is 13.7. The molecule has 0 bridgehead atoms. The van der Waals surface area contributed by atoms with Crippen LogP contribution >= 0.6 is 0 Å². The van der Waals surface area contributed by atoms with Crippen molar-refractivity contribution in [3.05, 3.63) is 23.5 Å². The lowest BCUT2D eigenvalue weighted by molar-refractivity contribution is 0.0801. The Morgan fingerprint density at radius 3 is 2.54 bits per heavy atom. The fraction of sp³-hybridized carbons (Fsp3) is 0.760. The summed E-state index contributed by atoms with van der Waals surface area (Å²) in [6.07, 6.45) is 14.0. The van der Waals surface area contributed by atoms with Crippen LogP contribution in [0.4, 0.5) is 4.39 Å². The average Bonchev–Trinajstić information content (AvgIpc) is 3.09. The smallest absolute Gasteiger partial charge is 0.207 e. The molecule has 3 heteroatoms. The van der Waals surface area contributed by atoms with Gasteiger partial charge in [-0.05, 0) is 62.3 Å². The Balaban J connectivity index is 1.38. The van der Waals surface area contributed by atoms with Crippen molar-refractivity contribution >= 4 is 0 Å². The summed E-state index contributed by atoms with van der Waals surface area (Å²) in [6, 6.07) is 3.87. The minimum absolute atomic E-state index is 0.169. The quantitative estimate of drug-likeness (QED) is 0.458. The van der Waals surface area contributed by atoms with Crippen LogP contribution in [0, 0.1) is 23.6 Å². The molecular formula is C25H37FO2. The standard InChI is InChI=1S/C25H37FO2/c1-3-5-15-27-22-14-13-21-20-12-11-19(16-23(20)28-25(21)24(22)26)18-9-7-17(6-4-2)8-10-18/h13-14,17-20,23H,3-12,15-16H2,1-2H3. The molecule has 156 valence electrons. The van der Waals surface area contributed by atoms with Gasteiger partial charge in [0.25, 0.3) is 0 Å². The molecule has 28 heavy (non-hydrogen) atoms. The molecule has 0 aromatic heterocycles. The third-order valence-electron chi connectivity index (χ3n) is 7.60. The summed E-state index contributed by atoms with van der Waals surface area (Å²) < 4.78 is 26.8. The van der Waals surface area contributed by atoms with Crippen LogP contribution in [-0.2, 0) is 0 Å². The Bertz CT molecular complexity index is 650. The second kappa shape index (κ2) is 9.05. The van der Waals surface area contributed by atoms with Crippen LogP contribution in [-0.4, -0.2) is 12.7 Å². The van der Waals surface area contributed by atoms with E-state index in [4.69, 9.17) is 9.47 Å². The fourth-order valence-electron chi connectivity index (χ4n) is 5.98. The van der Waals surface area contributed by atoms with Crippen LogP contribution in [0.1, 0.15) is 96.0 Å². The summed E-state index contributed by atoms with van der Waals surface area (Å²) >= 11 is 0. The van der Waals surface area contributed by atoms with Gasteiger partial charge >= 0.3 is 0 Å². The molecule has 2 saturated carbocycles. The molecule has 1 aromatic carbocycles. The zero-order valence-corrected chi connectivity index (χ0v) is 17.7. The molecule has 4 rings (SSSR count). The molecule has 0 amide bonds. The van der Waals surface area contributed by atoms with Crippen molar-refractivity contribution in [2.45, 2.75) is 96.5 Å². The molecule has 0 N–H and O–H groups in total. The van der Waals surface area contributed by atoms with E-state index in [1.165, 1.54) is 44.9 Å². The van der Waals surface area contributed by atoms with Crippen molar-refractivity contribution in [1.82, 2.24) is 0 Å². The van der Waals surface area contributed by atoms with Crippen LogP contribution in [0.2, 0.25) is 0 Å². The third kappa shape index (κ3) is 4.04. The molecule has 1 aliphatic heterocycles. The molecule has 2 nitrogen and oxygen atoms in total. The van der Waals surface area contributed by atoms with E-state index in [0.29, 0.717) is 24.0 Å². The predicted molar refractivity (Wildman–Crippen MR) is 112 cm³/mol. The minimum Gasteiger partial charge on any atom is -0.490 e. The van der Waals surface area contributed by atoms with E-state index in [1.54, 1.807) is 0 Å². The van der Waals surface area contributed by atoms with Gasteiger partial charge in [-0.3, -0.25) is 0 Å². The molecule has 0 saturated heterocycles. The lowest BCUT2D eigenvalue weighted by Gasteiger charge is -2.39. The summed E-state index contributed by atoms with van der Waals surface area (Å²) in [5, 5.41) is 0. The number of hydrogen-bond acceptors (Lipinski definition) is 2. The molecule has 0 radical (unpaired) electrons. The first-order valence-corrected chi connectivity index (χ1v) is 11.8. The van der Waals surface area contributed by atoms with Gasteiger partial charge < -0.3 is 9.47 Å². The molecule has 3 aliphatic rings. The molecular weight excluding hydrogens is 351 g/mol. The molecule has 2 aliphatic carbocycles. The van der Waals surface area contributed by atoms with Gasteiger partial charge in [-0.2, -0.15) is 4.39 Å². The zero-order valence-electron chi connectivity index (χ0n) is 17.7. The minimum atomic E-state index is -0.278. The number of benzene rings is 1. The normalized spacial score (nSPS) is 31.8. The summed E-state index contributed by atoms with van der Waals surface area (Å²) in [4.78, 5) is 0. The summed E-state index contributed by atoms with van der Waals surface area (Å²) in [5.74, 6) is 3.53. The molecule has 3 atom stereocenters. The van der Waals surface area contributed by atoms with E-state index in [-0.39, 0.29) is 11.9 Å². The van der Waals surface area contributed by atoms with Crippen LogP contribution in [0.15, 0.2) is 12.1 Å². The number of unbranched alkanes of at least 4 members (excludes halogenated alkanes) is 1. The van der Waals surface area contributed by atoms with Crippen LogP contribution in [0.25, 0.3) is 0 Å². The van der Waals surface area contributed by atoms with E-state index in [1.807, 2.05) is 6.07 Å². The Kier molecular flexibility index (Phi) is 6.48. The van der Waals surface area contributed by atoms with Gasteiger partial charge in [0.15, 0.2) is 11.5 Å². The monoisotopic (exact) mass is 388 g/mol. The molecule has 2 fully saturated rings. The van der Waals surface area contributed by atoms with E-state index in [0.717, 1.165) is 49.0 Å². The average molecular weight is 389 g/mol. The number of ether oxygens (including phenoxy) is 2. The Labute approximate surface area is 170 Å². The van der Waals surface area contributed by atoms with Crippen molar-refractivity contribution in [1.29, 1.82) is 0 Å². The van der Waals surface area contributed by atoms with Crippen LogP contribution < -0.4 is 9.47 Å². The van der Waals surface area contributed by atoms with Crippen LogP contribution in [0.3, 0.4) is 0 Å². The SMILES string of the molecule is CCCCOc1ccc2c(c1F)OC1CC(C3CCC(CCC)CC3)CCC21. The molecule has 1 aromatic rings. The second-order valence-corrected chi connectivity index (χ2v) is 9.40. The number of hydrogen-bond donors (Lipinski definition) is 0. The van der Waals surface area contributed by atoms with Crippen molar-refractivity contribution in [2.75, 3.05) is 6.61 Å². The lowest BCUT2D eigenvalue weighted by atomic mass is 9.67. The highest BCUT2D eigenvalue weighted by Gasteiger charge is 2.43. The predicted octanol–water partition coefficient (Wildman–Crippen LogP) is 7.26. The summed E-state index contributed by atoms with van der Waals surface area (Å²) in [6.45, 7) is 4.99. The van der Waals surface area contributed by atoms with E-state index >= 15 is 0 Å². The Morgan fingerprint density at radius 2 is 1.79 bits per heavy atom. The topological polar surface area (TPSA) is 18.5 Å². The number of fused-ring (bicyclic) bond motifs is 3. The number of halogens is 1. The van der Waals surface area contributed by atoms with E-state index in [2.05, 4.69) is 19.9 Å². The van der Waals surface area contributed by atoms with Crippen molar-refractivity contribution in [3.8, 4) is 11.5 Å². The maximum absolute atomic E-state index is 15.0. The highest BCUT2D eigenvalue weighted by molar-refractivity contribution is 5.48. The zero-order chi connectivity index (χ0) is 19.5. The fourth-order valence-corrected chi connectivity index (χ4v) is 5.98. The molecule has 3 unspecified atom stereocenters. The Hall–Kier alpha value is -1.25. The Morgan fingerprint density at radius 1 is 1.00 bits per heavy atom. The van der Waals surface area contributed by atoms with Gasteiger partial charge in [-0.25, -0.2) is 0 Å². The molecule has 1 heterocycles. The van der Waals surface area contributed by atoms with E-state index < -0.39 is 0 Å². The first kappa shape index (κ1) is 20.0. The van der Waals surface area contributed by atoms with Crippen molar-refractivity contribution in [3.63, 3.8) is 0 Å². The highest BCUT2D eigenvalue weighted by atomic mass is 19.1. The van der Waals surface area contributed by atoms with Crippen molar-refractivity contribution < 1.29 is 13.9 Å². The summed E-state index contributed by atoms with van der Waals surface area (Å²) in [5.41, 5.74) is 1.08. The van der Waals surface area contributed by atoms with E-state index in [9.17, 15) is 4.39 Å². The maximum atomic E-state index is 15.0. The van der Waals surface area contributed by atoms with Crippen LogP contribution in [0.5, 0.6) is 11.5 Å². The van der Waals surface area contributed by atoms with Gasteiger partial charge in [0, 0.05) is 11.5 Å². The van der Waals surface area contributed by atoms with Gasteiger partial charge in [0.05, 0.1) is 6.61 Å². The van der Waals surface area contributed by atoms with Gasteiger partial charge in [-0.15, -0.1) is 0 Å². The first-order valence-electron chi connectivity index (χ1n) is 11.8. The van der Waals surface area contributed by atoms with Gasteiger partial charge in [0.2, 0.25) is 5.82 Å². The maximum Gasteiger partial charge on any atom is 0.207 e. The third-order valence-corrected chi connectivity index (χ3v) is 7.60. The van der Waals surface area contributed by atoms with Gasteiger partial charge in [0.1, 0.15) is 6.10 Å².